The molecule has 2 aliphatic rings. The van der Waals surface area contributed by atoms with E-state index >= 15 is 0 Å². The molecule has 170 valence electrons. The first-order valence-corrected chi connectivity index (χ1v) is 12.0. The molecule has 10 nitrogen and oxygen atoms in total. The first-order chi connectivity index (χ1) is 15.3. The molecule has 2 heterocycles. The van der Waals surface area contributed by atoms with Crippen molar-refractivity contribution in [1.82, 2.24) is 19.3 Å². The van der Waals surface area contributed by atoms with E-state index in [1.165, 1.54) is 6.33 Å². The topological polar surface area (TPSA) is 150 Å². The molecule has 11 heteroatoms. The number of rotatable bonds is 6. The van der Waals surface area contributed by atoms with Crippen molar-refractivity contribution in [2.24, 2.45) is 5.92 Å². The third kappa shape index (κ3) is 3.97. The molecule has 0 aliphatic heterocycles. The van der Waals surface area contributed by atoms with Crippen LogP contribution >= 0.6 is 0 Å². The molecule has 1 saturated carbocycles. The van der Waals surface area contributed by atoms with Gasteiger partial charge in [-0.25, -0.2) is 9.97 Å². The zero-order valence-corrected chi connectivity index (χ0v) is 18.0. The minimum atomic E-state index is -4.30. The highest BCUT2D eigenvalue weighted by Crippen LogP contribution is 2.39. The summed E-state index contributed by atoms with van der Waals surface area (Å²) in [6, 6.07) is 9.51. The van der Waals surface area contributed by atoms with Crippen LogP contribution in [0.25, 0.3) is 11.0 Å². The molecule has 0 amide bonds. The van der Waals surface area contributed by atoms with Gasteiger partial charge in [0.15, 0.2) is 0 Å². The second-order valence-electron chi connectivity index (χ2n) is 8.55. The van der Waals surface area contributed by atoms with E-state index in [-0.39, 0.29) is 24.5 Å². The summed E-state index contributed by atoms with van der Waals surface area (Å²) in [7, 11) is -4.30. The summed E-state index contributed by atoms with van der Waals surface area (Å²) in [5.74, 6) is 0.307. The van der Waals surface area contributed by atoms with Gasteiger partial charge in [0.05, 0.1) is 23.6 Å². The van der Waals surface area contributed by atoms with Gasteiger partial charge in [-0.15, -0.1) is 0 Å². The molecule has 0 bridgehead atoms. The maximum atomic E-state index is 11.0. The van der Waals surface area contributed by atoms with Gasteiger partial charge in [-0.2, -0.15) is 13.1 Å². The number of hydrogen-bond donors (Lipinski definition) is 5. The van der Waals surface area contributed by atoms with E-state index < -0.39 is 22.5 Å². The molecule has 0 saturated heterocycles. The lowest BCUT2D eigenvalue weighted by Crippen LogP contribution is -2.31. The van der Waals surface area contributed by atoms with Crippen molar-refractivity contribution >= 4 is 27.2 Å². The van der Waals surface area contributed by atoms with Gasteiger partial charge in [0.2, 0.25) is 0 Å². The number of nitrogens with zero attached hydrogens (tertiary/aromatic N) is 3. The molecule has 5 N–H and O–H groups in total. The Balaban J connectivity index is 1.38. The second kappa shape index (κ2) is 8.09. The lowest BCUT2D eigenvalue weighted by molar-refractivity contribution is 0.133. The smallest absolute Gasteiger partial charge is 0.333 e. The fourth-order valence-corrected chi connectivity index (χ4v) is 5.43. The van der Waals surface area contributed by atoms with Crippen LogP contribution in [0.5, 0.6) is 0 Å². The molecule has 0 unspecified atom stereocenters. The van der Waals surface area contributed by atoms with E-state index in [9.17, 15) is 18.6 Å². The molecule has 3 aromatic rings. The average Bonchev–Trinajstić information content (AvgIpc) is 3.42. The molecular formula is C21H25N5O5S. The van der Waals surface area contributed by atoms with E-state index in [0.29, 0.717) is 30.7 Å². The van der Waals surface area contributed by atoms with E-state index in [4.69, 9.17) is 4.55 Å². The Morgan fingerprint density at radius 1 is 1.09 bits per heavy atom. The molecule has 5 atom stereocenters. The van der Waals surface area contributed by atoms with E-state index in [0.717, 1.165) is 16.5 Å². The fraction of sp³-hybridized carbons (Fsp3) is 0.429. The molecule has 0 spiro atoms. The Morgan fingerprint density at radius 3 is 2.72 bits per heavy atom. The van der Waals surface area contributed by atoms with Crippen LogP contribution in [-0.2, 0) is 16.7 Å². The summed E-state index contributed by atoms with van der Waals surface area (Å²) >= 11 is 0. The van der Waals surface area contributed by atoms with Gasteiger partial charge < -0.3 is 20.1 Å². The van der Waals surface area contributed by atoms with Gasteiger partial charge in [-0.3, -0.25) is 4.55 Å². The third-order valence-corrected chi connectivity index (χ3v) is 7.09. The van der Waals surface area contributed by atoms with Crippen molar-refractivity contribution in [3.8, 4) is 0 Å². The van der Waals surface area contributed by atoms with Gasteiger partial charge in [0.25, 0.3) is 0 Å². The number of anilines is 1. The molecule has 1 fully saturated rings. The quantitative estimate of drug-likeness (QED) is 0.345. The van der Waals surface area contributed by atoms with Crippen LogP contribution in [0.3, 0.4) is 0 Å². The largest absolute Gasteiger partial charge is 0.393 e. The lowest BCUT2D eigenvalue weighted by Gasteiger charge is -2.19. The van der Waals surface area contributed by atoms with Gasteiger partial charge in [-0.1, -0.05) is 24.3 Å². The second-order valence-corrected chi connectivity index (χ2v) is 9.79. The number of aliphatic hydroxyl groups excluding tert-OH is 2. The van der Waals surface area contributed by atoms with E-state index in [2.05, 4.69) is 20.0 Å². The van der Waals surface area contributed by atoms with Gasteiger partial charge in [0.1, 0.15) is 17.8 Å². The Hall–Kier alpha value is -2.57. The average molecular weight is 460 g/mol. The third-order valence-electron chi connectivity index (χ3n) is 6.56. The number of nitrogens with one attached hydrogen (secondary N) is 2. The Kier molecular flexibility index (Phi) is 5.38. The van der Waals surface area contributed by atoms with Crippen LogP contribution in [0.1, 0.15) is 36.1 Å². The first-order valence-electron chi connectivity index (χ1n) is 10.5. The number of aliphatic hydroxyl groups is 2. The van der Waals surface area contributed by atoms with Crippen molar-refractivity contribution in [3.63, 3.8) is 0 Å². The summed E-state index contributed by atoms with van der Waals surface area (Å²) in [5.41, 5.74) is 2.87. The zero-order chi connectivity index (χ0) is 22.5. The highest BCUT2D eigenvalue weighted by Gasteiger charge is 2.35. The summed E-state index contributed by atoms with van der Waals surface area (Å²) in [4.78, 5) is 8.84. The Morgan fingerprint density at radius 2 is 1.91 bits per heavy atom. The number of fused-ring (bicyclic) bond motifs is 2. The number of benzene rings is 1. The van der Waals surface area contributed by atoms with Crippen molar-refractivity contribution in [3.05, 3.63) is 54.0 Å². The predicted octanol–water partition coefficient (Wildman–Crippen LogP) is 1.21. The number of hydrogen-bond acceptors (Lipinski definition) is 7. The normalized spacial score (nSPS) is 27.7. The van der Waals surface area contributed by atoms with Gasteiger partial charge in [0, 0.05) is 31.1 Å². The first kappa shape index (κ1) is 21.3. The molecular weight excluding hydrogens is 434 g/mol. The summed E-state index contributed by atoms with van der Waals surface area (Å²) in [6.07, 6.45) is 3.67. The summed E-state index contributed by atoms with van der Waals surface area (Å²) in [6.45, 7) is -0.0313. The van der Waals surface area contributed by atoms with Crippen LogP contribution in [0, 0.1) is 5.92 Å². The molecule has 0 radical (unpaired) electrons. The molecule has 5 rings (SSSR count). The van der Waals surface area contributed by atoms with Crippen LogP contribution in [-0.4, -0.2) is 56.5 Å². The fourth-order valence-electron chi connectivity index (χ4n) is 5.01. The minimum Gasteiger partial charge on any atom is -0.393 e. The Labute approximate surface area is 185 Å². The summed E-state index contributed by atoms with van der Waals surface area (Å²) < 4.78 is 34.9. The van der Waals surface area contributed by atoms with E-state index in [1.54, 1.807) is 0 Å². The molecule has 1 aromatic carbocycles. The van der Waals surface area contributed by atoms with Crippen molar-refractivity contribution in [2.75, 3.05) is 11.9 Å². The van der Waals surface area contributed by atoms with Crippen molar-refractivity contribution in [2.45, 2.75) is 43.6 Å². The lowest BCUT2D eigenvalue weighted by atomic mass is 10.1. The monoisotopic (exact) mass is 459 g/mol. The summed E-state index contributed by atoms with van der Waals surface area (Å²) in [5, 5.41) is 25.2. The van der Waals surface area contributed by atoms with Crippen LogP contribution < -0.4 is 10.0 Å². The van der Waals surface area contributed by atoms with E-state index in [1.807, 2.05) is 41.1 Å². The van der Waals surface area contributed by atoms with Crippen LogP contribution in [0.4, 0.5) is 5.82 Å². The molecule has 2 aromatic heterocycles. The standard InChI is InChI=1S/C21H25N5O5S/c27-17-9-14(7-13(17)10-24-32(29,30)31)26-6-5-16-20(22-11-23-21(16)26)25-19-15-4-2-1-3-12(15)8-18(19)28/h1-6,11,13-14,17-19,24,27-28H,7-10H2,(H,22,23,25)(H,29,30,31)/t13-,14+,17-,18-,19+/m0/s1. The minimum absolute atomic E-state index is 0.0313. The number of aromatic nitrogens is 3. The zero-order valence-electron chi connectivity index (χ0n) is 17.2. The highest BCUT2D eigenvalue weighted by atomic mass is 32.2. The van der Waals surface area contributed by atoms with Gasteiger partial charge in [-0.05, 0) is 30.0 Å². The molecule has 2 aliphatic carbocycles. The SMILES string of the molecule is O=S(=O)(O)NC[C@@H]1C[C@@H](n2ccc3c(N[C@@H]4c5ccccc5C[C@@H]4O)ncnc32)C[C@@H]1O. The van der Waals surface area contributed by atoms with Crippen molar-refractivity contribution < 1.29 is 23.2 Å². The highest BCUT2D eigenvalue weighted by molar-refractivity contribution is 7.83. The maximum absolute atomic E-state index is 11.0. The maximum Gasteiger partial charge on any atom is 0.333 e. The van der Waals surface area contributed by atoms with Crippen LogP contribution in [0.2, 0.25) is 0 Å². The van der Waals surface area contributed by atoms with Gasteiger partial charge >= 0.3 is 10.3 Å². The molecule has 32 heavy (non-hydrogen) atoms. The Bertz CT molecular complexity index is 1250. The predicted molar refractivity (Wildman–Crippen MR) is 117 cm³/mol. The van der Waals surface area contributed by atoms with Crippen LogP contribution in [0.15, 0.2) is 42.9 Å². The van der Waals surface area contributed by atoms with Crippen molar-refractivity contribution in [1.29, 1.82) is 0 Å².